The van der Waals surface area contributed by atoms with Crippen LogP contribution in [-0.4, -0.2) is 5.97 Å². The maximum absolute atomic E-state index is 11.5. The second kappa shape index (κ2) is 4.45. The number of carbonyl (C=O) groups is 1. The quantitative estimate of drug-likeness (QED) is 0.612. The number of hydrogen-bond donors (Lipinski definition) is 0. The minimum atomic E-state index is -0.306. The summed E-state index contributed by atoms with van der Waals surface area (Å²) in [6, 6.07) is 20.6. The molecular formula is C19H14O2. The molecule has 1 aliphatic rings. The molecule has 0 saturated carbocycles. The Kier molecular flexibility index (Phi) is 2.58. The van der Waals surface area contributed by atoms with Crippen molar-refractivity contribution in [2.45, 2.75) is 13.0 Å². The molecule has 21 heavy (non-hydrogen) atoms. The van der Waals surface area contributed by atoms with E-state index in [2.05, 4.69) is 30.3 Å². The Morgan fingerprint density at radius 1 is 0.905 bits per heavy atom. The van der Waals surface area contributed by atoms with Gasteiger partial charge >= 0.3 is 5.97 Å². The largest absolute Gasteiger partial charge is 0.453 e. The van der Waals surface area contributed by atoms with Crippen LogP contribution in [0.4, 0.5) is 0 Å². The van der Waals surface area contributed by atoms with E-state index in [1.54, 1.807) is 0 Å². The number of fused-ring (bicyclic) bond motifs is 5. The highest BCUT2D eigenvalue weighted by Gasteiger charge is 2.32. The topological polar surface area (TPSA) is 26.3 Å². The Balaban J connectivity index is 2.06. The van der Waals surface area contributed by atoms with Crippen molar-refractivity contribution in [2.24, 2.45) is 0 Å². The van der Waals surface area contributed by atoms with Gasteiger partial charge in [0.1, 0.15) is 0 Å². The van der Waals surface area contributed by atoms with Gasteiger partial charge in [0.25, 0.3) is 0 Å². The molecule has 0 fully saturated rings. The lowest BCUT2D eigenvalue weighted by Gasteiger charge is -2.15. The van der Waals surface area contributed by atoms with Crippen molar-refractivity contribution in [3.05, 3.63) is 71.8 Å². The Morgan fingerprint density at radius 2 is 1.67 bits per heavy atom. The summed E-state index contributed by atoms with van der Waals surface area (Å²) in [6.07, 6.45) is -0.306. The van der Waals surface area contributed by atoms with Crippen molar-refractivity contribution in [3.63, 3.8) is 0 Å². The molecule has 3 aromatic rings. The number of rotatable bonds is 1. The molecule has 0 amide bonds. The van der Waals surface area contributed by atoms with Gasteiger partial charge in [-0.05, 0) is 21.9 Å². The minimum Gasteiger partial charge on any atom is -0.453 e. The van der Waals surface area contributed by atoms with Gasteiger partial charge in [-0.3, -0.25) is 4.79 Å². The molecule has 0 aromatic heterocycles. The molecular weight excluding hydrogens is 260 g/mol. The first-order valence-electron chi connectivity index (χ1n) is 7.04. The third-order valence-electron chi connectivity index (χ3n) is 4.05. The molecule has 0 saturated heterocycles. The van der Waals surface area contributed by atoms with E-state index >= 15 is 0 Å². The Hall–Kier alpha value is -2.61. The number of benzene rings is 3. The molecule has 102 valence electrons. The fraction of sp³-hybridized carbons (Fsp3) is 0.105. The molecule has 0 bridgehead atoms. The van der Waals surface area contributed by atoms with E-state index < -0.39 is 0 Å². The predicted octanol–water partition coefficient (Wildman–Crippen LogP) is 4.47. The molecule has 0 heterocycles. The first-order chi connectivity index (χ1) is 10.3. The van der Waals surface area contributed by atoms with Crippen LogP contribution in [0.1, 0.15) is 24.2 Å². The molecule has 0 N–H and O–H groups in total. The van der Waals surface area contributed by atoms with E-state index in [4.69, 9.17) is 4.74 Å². The van der Waals surface area contributed by atoms with Gasteiger partial charge in [0.15, 0.2) is 6.10 Å². The number of carbonyl (C=O) groups excluding carboxylic acids is 1. The van der Waals surface area contributed by atoms with Gasteiger partial charge in [0, 0.05) is 18.1 Å². The summed E-state index contributed by atoms with van der Waals surface area (Å²) in [7, 11) is 0. The summed E-state index contributed by atoms with van der Waals surface area (Å²) in [6.45, 7) is 1.46. The summed E-state index contributed by atoms with van der Waals surface area (Å²) in [5, 5.41) is 2.32. The maximum atomic E-state index is 11.5. The zero-order valence-corrected chi connectivity index (χ0v) is 11.7. The fourth-order valence-electron chi connectivity index (χ4n) is 3.23. The molecule has 2 nitrogen and oxygen atoms in total. The molecule has 1 unspecified atom stereocenters. The van der Waals surface area contributed by atoms with Gasteiger partial charge in [0.2, 0.25) is 0 Å². The van der Waals surface area contributed by atoms with Crippen molar-refractivity contribution in [2.75, 3.05) is 0 Å². The average molecular weight is 274 g/mol. The maximum Gasteiger partial charge on any atom is 0.303 e. The van der Waals surface area contributed by atoms with Crippen molar-refractivity contribution in [1.29, 1.82) is 0 Å². The SMILES string of the molecule is CC(=O)OC1c2ccccc2-c2ccc3ccccc3c21. The van der Waals surface area contributed by atoms with Crippen LogP contribution < -0.4 is 0 Å². The van der Waals surface area contributed by atoms with E-state index in [0.717, 1.165) is 27.6 Å². The van der Waals surface area contributed by atoms with Crippen LogP contribution in [-0.2, 0) is 9.53 Å². The second-order valence-corrected chi connectivity index (χ2v) is 5.32. The highest BCUT2D eigenvalue weighted by Crippen LogP contribution is 2.48. The smallest absolute Gasteiger partial charge is 0.303 e. The van der Waals surface area contributed by atoms with Gasteiger partial charge in [-0.1, -0.05) is 60.7 Å². The molecule has 0 radical (unpaired) electrons. The fourth-order valence-corrected chi connectivity index (χ4v) is 3.23. The molecule has 1 atom stereocenters. The van der Waals surface area contributed by atoms with Gasteiger partial charge in [-0.2, -0.15) is 0 Å². The average Bonchev–Trinajstić information content (AvgIpc) is 2.82. The standard InChI is InChI=1S/C19H14O2/c1-12(20)21-19-17-9-5-4-8-15(17)16-11-10-13-6-2-3-7-14(13)18(16)19/h2-11,19H,1H3. The van der Waals surface area contributed by atoms with Gasteiger partial charge in [-0.15, -0.1) is 0 Å². The lowest BCUT2D eigenvalue weighted by atomic mass is 9.98. The second-order valence-electron chi connectivity index (χ2n) is 5.32. The zero-order chi connectivity index (χ0) is 14.4. The summed E-state index contributed by atoms with van der Waals surface area (Å²) in [5.41, 5.74) is 4.49. The monoisotopic (exact) mass is 274 g/mol. The van der Waals surface area contributed by atoms with E-state index in [1.807, 2.05) is 30.3 Å². The predicted molar refractivity (Wildman–Crippen MR) is 83.0 cm³/mol. The Morgan fingerprint density at radius 3 is 2.52 bits per heavy atom. The van der Waals surface area contributed by atoms with Gasteiger partial charge in [-0.25, -0.2) is 0 Å². The lowest BCUT2D eigenvalue weighted by Crippen LogP contribution is -2.07. The first-order valence-corrected chi connectivity index (χ1v) is 7.04. The van der Waals surface area contributed by atoms with E-state index in [-0.39, 0.29) is 12.1 Å². The van der Waals surface area contributed by atoms with Crippen molar-refractivity contribution in [1.82, 2.24) is 0 Å². The number of ether oxygens (including phenoxy) is 1. The van der Waals surface area contributed by atoms with Gasteiger partial charge < -0.3 is 4.74 Å². The number of esters is 1. The highest BCUT2D eigenvalue weighted by molar-refractivity contribution is 5.96. The molecule has 4 rings (SSSR count). The van der Waals surface area contributed by atoms with Crippen LogP contribution in [0.25, 0.3) is 21.9 Å². The van der Waals surface area contributed by atoms with E-state index in [0.29, 0.717) is 0 Å². The number of hydrogen-bond acceptors (Lipinski definition) is 2. The normalized spacial score (nSPS) is 15.6. The first kappa shape index (κ1) is 12.2. The summed E-state index contributed by atoms with van der Waals surface area (Å²) in [4.78, 5) is 11.5. The van der Waals surface area contributed by atoms with Crippen molar-refractivity contribution in [3.8, 4) is 11.1 Å². The highest BCUT2D eigenvalue weighted by atomic mass is 16.5. The Labute approximate surface area is 123 Å². The minimum absolute atomic E-state index is 0.254. The molecule has 0 aliphatic heterocycles. The van der Waals surface area contributed by atoms with Crippen LogP contribution in [0.5, 0.6) is 0 Å². The van der Waals surface area contributed by atoms with Crippen molar-refractivity contribution >= 4 is 16.7 Å². The molecule has 3 aromatic carbocycles. The molecule has 2 heteroatoms. The van der Waals surface area contributed by atoms with E-state index in [9.17, 15) is 4.79 Å². The van der Waals surface area contributed by atoms with Gasteiger partial charge in [0.05, 0.1) is 0 Å². The van der Waals surface area contributed by atoms with Crippen molar-refractivity contribution < 1.29 is 9.53 Å². The summed E-state index contributed by atoms with van der Waals surface area (Å²) in [5.74, 6) is -0.254. The third-order valence-corrected chi connectivity index (χ3v) is 4.05. The van der Waals surface area contributed by atoms with E-state index in [1.165, 1.54) is 12.3 Å². The Bertz CT molecular complexity index is 864. The van der Waals surface area contributed by atoms with Crippen LogP contribution >= 0.6 is 0 Å². The van der Waals surface area contributed by atoms with Crippen LogP contribution in [0.15, 0.2) is 60.7 Å². The van der Waals surface area contributed by atoms with Crippen LogP contribution in [0.2, 0.25) is 0 Å². The third kappa shape index (κ3) is 1.76. The van der Waals surface area contributed by atoms with Crippen LogP contribution in [0.3, 0.4) is 0 Å². The summed E-state index contributed by atoms with van der Waals surface area (Å²) < 4.78 is 5.63. The molecule has 1 aliphatic carbocycles. The lowest BCUT2D eigenvalue weighted by molar-refractivity contribution is -0.144. The molecule has 0 spiro atoms. The summed E-state index contributed by atoms with van der Waals surface area (Å²) >= 11 is 0. The zero-order valence-electron chi connectivity index (χ0n) is 11.7. The van der Waals surface area contributed by atoms with Crippen LogP contribution in [0, 0.1) is 0 Å².